The van der Waals surface area contributed by atoms with Crippen LogP contribution in [0.2, 0.25) is 0 Å². The van der Waals surface area contributed by atoms with Crippen molar-refractivity contribution < 1.29 is 9.13 Å². The summed E-state index contributed by atoms with van der Waals surface area (Å²) < 4.78 is 18.9. The van der Waals surface area contributed by atoms with E-state index in [0.717, 1.165) is 5.75 Å². The molecule has 2 aromatic rings. The van der Waals surface area contributed by atoms with Crippen molar-refractivity contribution >= 4 is 11.6 Å². The van der Waals surface area contributed by atoms with Crippen LogP contribution in [0.4, 0.5) is 4.39 Å². The maximum absolute atomic E-state index is 13.1. The van der Waals surface area contributed by atoms with E-state index < -0.39 is 0 Å². The van der Waals surface area contributed by atoms with Crippen LogP contribution < -0.4 is 4.74 Å². The minimum atomic E-state index is -0.307. The minimum Gasteiger partial charge on any atom is -0.457 e. The summed E-state index contributed by atoms with van der Waals surface area (Å²) >= 11 is 5.81. The van der Waals surface area contributed by atoms with E-state index in [1.165, 1.54) is 17.7 Å². The predicted octanol–water partition coefficient (Wildman–Crippen LogP) is 5.48. The molecule has 3 heteroatoms. The number of ether oxygens (including phenoxy) is 1. The number of hydrogen-bond acceptors (Lipinski definition) is 1. The molecule has 0 N–H and O–H groups in total. The lowest BCUT2D eigenvalue weighted by Crippen LogP contribution is -1.93. The second-order valence-corrected chi connectivity index (χ2v) is 4.98. The largest absolute Gasteiger partial charge is 0.457 e. The standard InChI is InChI=1S/C16H16ClFO/c1-11(2)12-4-3-5-15(9-12)19-16-7-6-14(18)8-13(16)10-17/h3-9,11H,10H2,1-2H3. The normalized spacial score (nSPS) is 10.8. The van der Waals surface area contributed by atoms with Gasteiger partial charge in [0.2, 0.25) is 0 Å². The third kappa shape index (κ3) is 3.48. The Kier molecular flexibility index (Phi) is 4.43. The topological polar surface area (TPSA) is 9.23 Å². The van der Waals surface area contributed by atoms with E-state index in [-0.39, 0.29) is 11.7 Å². The Labute approximate surface area is 118 Å². The van der Waals surface area contributed by atoms with E-state index in [9.17, 15) is 4.39 Å². The van der Waals surface area contributed by atoms with Crippen molar-refractivity contribution in [1.82, 2.24) is 0 Å². The van der Waals surface area contributed by atoms with Gasteiger partial charge < -0.3 is 4.74 Å². The van der Waals surface area contributed by atoms with Crippen LogP contribution in [0.15, 0.2) is 42.5 Å². The molecule has 0 aliphatic rings. The molecule has 100 valence electrons. The molecule has 0 atom stereocenters. The number of halogens is 2. The van der Waals surface area contributed by atoms with Crippen LogP contribution in [0.3, 0.4) is 0 Å². The van der Waals surface area contributed by atoms with Gasteiger partial charge in [-0.05, 0) is 41.8 Å². The molecule has 0 heterocycles. The second kappa shape index (κ2) is 6.07. The predicted molar refractivity (Wildman–Crippen MR) is 76.6 cm³/mol. The lowest BCUT2D eigenvalue weighted by molar-refractivity contribution is 0.475. The highest BCUT2D eigenvalue weighted by Crippen LogP contribution is 2.29. The molecule has 0 bridgehead atoms. The fourth-order valence-electron chi connectivity index (χ4n) is 1.82. The Morgan fingerprint density at radius 3 is 2.63 bits per heavy atom. The summed E-state index contributed by atoms with van der Waals surface area (Å²) in [5, 5.41) is 0. The molecule has 2 rings (SSSR count). The summed E-state index contributed by atoms with van der Waals surface area (Å²) in [5.41, 5.74) is 1.85. The van der Waals surface area contributed by atoms with Crippen LogP contribution in [-0.2, 0) is 5.88 Å². The van der Waals surface area contributed by atoms with Crippen LogP contribution in [0.1, 0.15) is 30.9 Å². The minimum absolute atomic E-state index is 0.219. The van der Waals surface area contributed by atoms with Crippen molar-refractivity contribution in [2.45, 2.75) is 25.6 Å². The van der Waals surface area contributed by atoms with Crippen molar-refractivity contribution in [3.05, 3.63) is 59.4 Å². The van der Waals surface area contributed by atoms with Gasteiger partial charge in [-0.3, -0.25) is 0 Å². The van der Waals surface area contributed by atoms with Crippen LogP contribution >= 0.6 is 11.6 Å². The SMILES string of the molecule is CC(C)c1cccc(Oc2ccc(F)cc2CCl)c1. The first kappa shape index (κ1) is 13.9. The van der Waals surface area contributed by atoms with E-state index in [1.54, 1.807) is 6.07 Å². The highest BCUT2D eigenvalue weighted by Gasteiger charge is 2.07. The van der Waals surface area contributed by atoms with Crippen molar-refractivity contribution in [2.24, 2.45) is 0 Å². The van der Waals surface area contributed by atoms with Gasteiger partial charge in [0.05, 0.1) is 5.88 Å². The first-order valence-electron chi connectivity index (χ1n) is 6.22. The third-order valence-corrected chi connectivity index (χ3v) is 3.21. The Balaban J connectivity index is 2.28. The fraction of sp³-hybridized carbons (Fsp3) is 0.250. The molecular formula is C16H16ClFO. The number of rotatable bonds is 4. The summed E-state index contributed by atoms with van der Waals surface area (Å²) in [6.07, 6.45) is 0. The zero-order valence-electron chi connectivity index (χ0n) is 11.0. The maximum atomic E-state index is 13.1. The molecular weight excluding hydrogens is 263 g/mol. The second-order valence-electron chi connectivity index (χ2n) is 4.71. The van der Waals surface area contributed by atoms with Crippen molar-refractivity contribution in [3.63, 3.8) is 0 Å². The van der Waals surface area contributed by atoms with Gasteiger partial charge in [-0.2, -0.15) is 0 Å². The van der Waals surface area contributed by atoms with Crippen LogP contribution in [0.25, 0.3) is 0 Å². The van der Waals surface area contributed by atoms with Gasteiger partial charge in [0.15, 0.2) is 0 Å². The average Bonchev–Trinajstić information content (AvgIpc) is 2.41. The smallest absolute Gasteiger partial charge is 0.132 e. The van der Waals surface area contributed by atoms with E-state index in [4.69, 9.17) is 16.3 Å². The highest BCUT2D eigenvalue weighted by molar-refractivity contribution is 6.17. The van der Waals surface area contributed by atoms with Crippen LogP contribution in [0, 0.1) is 5.82 Å². The monoisotopic (exact) mass is 278 g/mol. The third-order valence-electron chi connectivity index (χ3n) is 2.92. The van der Waals surface area contributed by atoms with Gasteiger partial charge >= 0.3 is 0 Å². The van der Waals surface area contributed by atoms with Gasteiger partial charge in [0.25, 0.3) is 0 Å². The molecule has 2 aromatic carbocycles. The molecule has 0 fully saturated rings. The number of hydrogen-bond donors (Lipinski definition) is 0. The number of benzene rings is 2. The summed E-state index contributed by atoms with van der Waals surface area (Å²) in [7, 11) is 0. The number of alkyl halides is 1. The van der Waals surface area contributed by atoms with E-state index in [1.807, 2.05) is 18.2 Å². The summed E-state index contributed by atoms with van der Waals surface area (Å²) in [6, 6.07) is 12.3. The van der Waals surface area contributed by atoms with Crippen LogP contribution in [0.5, 0.6) is 11.5 Å². The first-order valence-corrected chi connectivity index (χ1v) is 6.76. The lowest BCUT2D eigenvalue weighted by atomic mass is 10.0. The molecule has 0 saturated carbocycles. The molecule has 0 unspecified atom stereocenters. The fourth-order valence-corrected chi connectivity index (χ4v) is 2.02. The quantitative estimate of drug-likeness (QED) is 0.673. The van der Waals surface area contributed by atoms with Gasteiger partial charge in [0, 0.05) is 5.56 Å². The molecule has 0 radical (unpaired) electrons. The van der Waals surface area contributed by atoms with Gasteiger partial charge in [-0.25, -0.2) is 4.39 Å². The Morgan fingerprint density at radius 2 is 1.95 bits per heavy atom. The average molecular weight is 279 g/mol. The van der Waals surface area contributed by atoms with E-state index in [2.05, 4.69) is 19.9 Å². The molecule has 0 aliphatic carbocycles. The van der Waals surface area contributed by atoms with Crippen LogP contribution in [-0.4, -0.2) is 0 Å². The lowest BCUT2D eigenvalue weighted by Gasteiger charge is -2.12. The summed E-state index contributed by atoms with van der Waals surface area (Å²) in [5.74, 6) is 1.68. The van der Waals surface area contributed by atoms with Crippen molar-refractivity contribution in [3.8, 4) is 11.5 Å². The maximum Gasteiger partial charge on any atom is 0.132 e. The van der Waals surface area contributed by atoms with E-state index >= 15 is 0 Å². The van der Waals surface area contributed by atoms with Gasteiger partial charge in [0.1, 0.15) is 17.3 Å². The molecule has 0 saturated heterocycles. The molecule has 0 amide bonds. The molecule has 1 nitrogen and oxygen atoms in total. The Bertz CT molecular complexity index is 566. The molecule has 0 aromatic heterocycles. The Morgan fingerprint density at radius 1 is 1.16 bits per heavy atom. The highest BCUT2D eigenvalue weighted by atomic mass is 35.5. The zero-order chi connectivity index (χ0) is 13.8. The van der Waals surface area contributed by atoms with Gasteiger partial charge in [-0.1, -0.05) is 26.0 Å². The van der Waals surface area contributed by atoms with Crippen molar-refractivity contribution in [1.29, 1.82) is 0 Å². The molecule has 19 heavy (non-hydrogen) atoms. The molecule has 0 spiro atoms. The van der Waals surface area contributed by atoms with Crippen molar-refractivity contribution in [2.75, 3.05) is 0 Å². The summed E-state index contributed by atoms with van der Waals surface area (Å²) in [4.78, 5) is 0. The zero-order valence-corrected chi connectivity index (χ0v) is 11.7. The first-order chi connectivity index (χ1) is 9.10. The Hall–Kier alpha value is -1.54. The molecule has 0 aliphatic heterocycles. The van der Waals surface area contributed by atoms with Gasteiger partial charge in [-0.15, -0.1) is 11.6 Å². The van der Waals surface area contributed by atoms with E-state index in [0.29, 0.717) is 17.2 Å². The summed E-state index contributed by atoms with van der Waals surface area (Å²) in [6.45, 7) is 4.25.